The summed E-state index contributed by atoms with van der Waals surface area (Å²) in [4.78, 5) is 11.7. The van der Waals surface area contributed by atoms with Crippen molar-refractivity contribution in [3.8, 4) is 0 Å². The fourth-order valence-corrected chi connectivity index (χ4v) is 2.03. The van der Waals surface area contributed by atoms with Crippen molar-refractivity contribution in [1.82, 2.24) is 10.6 Å². The molecule has 2 unspecified atom stereocenters. The second-order valence-corrected chi connectivity index (χ2v) is 5.52. The number of aliphatic hydroxyl groups is 1. The highest BCUT2D eigenvalue weighted by Gasteiger charge is 2.23. The van der Waals surface area contributed by atoms with Crippen LogP contribution in [-0.2, 0) is 4.79 Å². The molecule has 0 aromatic carbocycles. The van der Waals surface area contributed by atoms with Crippen molar-refractivity contribution in [1.29, 1.82) is 0 Å². The van der Waals surface area contributed by atoms with E-state index < -0.39 is 6.10 Å². The normalized spacial score (nSPS) is 16.4. The Morgan fingerprint density at radius 1 is 1.22 bits per heavy atom. The second-order valence-electron chi connectivity index (χ2n) is 5.52. The van der Waals surface area contributed by atoms with Crippen LogP contribution in [-0.4, -0.2) is 36.8 Å². The first kappa shape index (κ1) is 17.4. The number of carbonyl (C=O) groups is 1. The minimum atomic E-state index is -0.472. The summed E-state index contributed by atoms with van der Waals surface area (Å²) in [5, 5.41) is 16.2. The van der Waals surface area contributed by atoms with E-state index in [1.54, 1.807) is 0 Å². The summed E-state index contributed by atoms with van der Waals surface area (Å²) < 4.78 is 0. The van der Waals surface area contributed by atoms with E-state index in [1.165, 1.54) is 0 Å². The van der Waals surface area contributed by atoms with Gasteiger partial charge in [0.15, 0.2) is 0 Å². The Hall–Kier alpha value is -0.610. The molecule has 0 heterocycles. The van der Waals surface area contributed by atoms with Crippen LogP contribution in [0.1, 0.15) is 47.0 Å². The molecule has 18 heavy (non-hydrogen) atoms. The zero-order valence-electron chi connectivity index (χ0n) is 12.5. The minimum absolute atomic E-state index is 0.0373. The molecule has 0 rings (SSSR count). The molecule has 0 aromatic heterocycles. The van der Waals surface area contributed by atoms with Crippen molar-refractivity contribution in [2.45, 2.75) is 59.1 Å². The average Bonchev–Trinajstić information content (AvgIpc) is 2.32. The first-order valence-corrected chi connectivity index (χ1v) is 7.05. The predicted molar refractivity (Wildman–Crippen MR) is 75.4 cm³/mol. The summed E-state index contributed by atoms with van der Waals surface area (Å²) >= 11 is 0. The number of rotatable bonds is 9. The molecule has 0 aromatic rings. The van der Waals surface area contributed by atoms with E-state index in [0.717, 1.165) is 12.8 Å². The molecule has 3 N–H and O–H groups in total. The summed E-state index contributed by atoms with van der Waals surface area (Å²) in [6, 6.07) is 0.0615. The summed E-state index contributed by atoms with van der Waals surface area (Å²) in [7, 11) is 1.86. The first-order chi connectivity index (χ1) is 8.42. The molecular weight excluding hydrogens is 228 g/mol. The van der Waals surface area contributed by atoms with Gasteiger partial charge in [-0.3, -0.25) is 4.79 Å². The fraction of sp³-hybridized carbons (Fsp3) is 0.929. The molecule has 0 aliphatic rings. The average molecular weight is 258 g/mol. The zero-order valence-corrected chi connectivity index (χ0v) is 12.5. The highest BCUT2D eigenvalue weighted by atomic mass is 16.3. The third-order valence-electron chi connectivity index (χ3n) is 3.15. The Labute approximate surface area is 112 Å². The van der Waals surface area contributed by atoms with Crippen LogP contribution >= 0.6 is 0 Å². The smallest absolute Gasteiger partial charge is 0.222 e. The third kappa shape index (κ3) is 6.97. The summed E-state index contributed by atoms with van der Waals surface area (Å²) in [5.74, 6) is 0.422. The molecule has 108 valence electrons. The van der Waals surface area contributed by atoms with E-state index in [4.69, 9.17) is 0 Å². The number of nitrogens with one attached hydrogen (secondary N) is 2. The Balaban J connectivity index is 4.17. The van der Waals surface area contributed by atoms with E-state index in [2.05, 4.69) is 24.5 Å². The Kier molecular flexibility index (Phi) is 9.02. The Morgan fingerprint density at radius 2 is 1.83 bits per heavy atom. The molecule has 0 bridgehead atoms. The van der Waals surface area contributed by atoms with Crippen LogP contribution in [0, 0.1) is 11.8 Å². The van der Waals surface area contributed by atoms with Gasteiger partial charge in [0.2, 0.25) is 5.91 Å². The lowest BCUT2D eigenvalue weighted by molar-refractivity contribution is -0.125. The lowest BCUT2D eigenvalue weighted by Gasteiger charge is -2.26. The Morgan fingerprint density at radius 3 is 2.28 bits per heavy atom. The van der Waals surface area contributed by atoms with Crippen molar-refractivity contribution in [2.24, 2.45) is 11.8 Å². The lowest BCUT2D eigenvalue weighted by atomic mass is 9.92. The van der Waals surface area contributed by atoms with E-state index in [-0.39, 0.29) is 17.9 Å². The molecule has 4 heteroatoms. The van der Waals surface area contributed by atoms with Crippen molar-refractivity contribution in [3.63, 3.8) is 0 Å². The SMILES string of the molecule is CCCNC(=O)C(C)CC(O)[C@H](CC(C)C)NC. The van der Waals surface area contributed by atoms with Gasteiger partial charge >= 0.3 is 0 Å². The molecule has 0 saturated carbocycles. The maximum absolute atomic E-state index is 11.7. The van der Waals surface area contributed by atoms with Gasteiger partial charge in [0.25, 0.3) is 0 Å². The summed E-state index contributed by atoms with van der Waals surface area (Å²) in [6.07, 6.45) is 1.89. The van der Waals surface area contributed by atoms with E-state index in [1.807, 2.05) is 20.9 Å². The molecule has 0 radical (unpaired) electrons. The summed E-state index contributed by atoms with van der Waals surface area (Å²) in [6.45, 7) is 8.87. The van der Waals surface area contributed by atoms with Gasteiger partial charge in [0, 0.05) is 18.5 Å². The van der Waals surface area contributed by atoms with Crippen LogP contribution in [0.15, 0.2) is 0 Å². The Bertz CT molecular complexity index is 232. The monoisotopic (exact) mass is 258 g/mol. The topological polar surface area (TPSA) is 61.4 Å². The van der Waals surface area contributed by atoms with E-state index in [9.17, 15) is 9.90 Å². The third-order valence-corrected chi connectivity index (χ3v) is 3.15. The molecule has 4 nitrogen and oxygen atoms in total. The first-order valence-electron chi connectivity index (χ1n) is 7.05. The van der Waals surface area contributed by atoms with Crippen LogP contribution in [0.4, 0.5) is 0 Å². The minimum Gasteiger partial charge on any atom is -0.391 e. The molecule has 3 atom stereocenters. The van der Waals surface area contributed by atoms with Crippen LogP contribution in [0.25, 0.3) is 0 Å². The van der Waals surface area contributed by atoms with Gasteiger partial charge in [-0.25, -0.2) is 0 Å². The van der Waals surface area contributed by atoms with Crippen LogP contribution in [0.5, 0.6) is 0 Å². The molecule has 0 spiro atoms. The second kappa shape index (κ2) is 9.34. The van der Waals surface area contributed by atoms with Gasteiger partial charge in [-0.1, -0.05) is 27.7 Å². The number of hydrogen-bond donors (Lipinski definition) is 3. The van der Waals surface area contributed by atoms with Gasteiger partial charge in [-0.2, -0.15) is 0 Å². The van der Waals surface area contributed by atoms with Crippen molar-refractivity contribution < 1.29 is 9.90 Å². The lowest BCUT2D eigenvalue weighted by Crippen LogP contribution is -2.41. The zero-order chi connectivity index (χ0) is 14.1. The largest absolute Gasteiger partial charge is 0.391 e. The highest BCUT2D eigenvalue weighted by Crippen LogP contribution is 2.15. The molecule has 0 aliphatic heterocycles. The van der Waals surface area contributed by atoms with Gasteiger partial charge in [0.05, 0.1) is 6.10 Å². The van der Waals surface area contributed by atoms with Crippen molar-refractivity contribution >= 4 is 5.91 Å². The van der Waals surface area contributed by atoms with Crippen LogP contribution in [0.2, 0.25) is 0 Å². The molecule has 0 fully saturated rings. The van der Waals surface area contributed by atoms with Gasteiger partial charge in [-0.05, 0) is 32.2 Å². The number of amides is 1. The molecule has 0 aliphatic carbocycles. The quantitative estimate of drug-likeness (QED) is 0.588. The number of aliphatic hydroxyl groups excluding tert-OH is 1. The van der Waals surface area contributed by atoms with Crippen molar-refractivity contribution in [3.05, 3.63) is 0 Å². The van der Waals surface area contributed by atoms with Gasteiger partial charge < -0.3 is 15.7 Å². The van der Waals surface area contributed by atoms with E-state index in [0.29, 0.717) is 18.9 Å². The number of hydrogen-bond acceptors (Lipinski definition) is 3. The standard InChI is InChI=1S/C14H30N2O2/c1-6-7-16-14(18)11(4)9-13(17)12(15-5)8-10(2)3/h10-13,15,17H,6-9H2,1-5H3,(H,16,18)/t11?,12-,13?/m0/s1. The van der Waals surface area contributed by atoms with Gasteiger partial charge in [-0.15, -0.1) is 0 Å². The number of likely N-dealkylation sites (N-methyl/N-ethyl adjacent to an activating group) is 1. The highest BCUT2D eigenvalue weighted by molar-refractivity contribution is 5.78. The fourth-order valence-electron chi connectivity index (χ4n) is 2.03. The number of carbonyl (C=O) groups excluding carboxylic acids is 1. The van der Waals surface area contributed by atoms with Gasteiger partial charge in [0.1, 0.15) is 0 Å². The molecule has 1 amide bonds. The van der Waals surface area contributed by atoms with Crippen LogP contribution < -0.4 is 10.6 Å². The van der Waals surface area contributed by atoms with E-state index >= 15 is 0 Å². The molecule has 0 saturated heterocycles. The maximum atomic E-state index is 11.7. The summed E-state index contributed by atoms with van der Waals surface area (Å²) in [5.41, 5.74) is 0. The maximum Gasteiger partial charge on any atom is 0.222 e. The van der Waals surface area contributed by atoms with Crippen LogP contribution in [0.3, 0.4) is 0 Å². The van der Waals surface area contributed by atoms with Crippen molar-refractivity contribution in [2.75, 3.05) is 13.6 Å². The predicted octanol–water partition coefficient (Wildman–Crippen LogP) is 1.53. The molecular formula is C14H30N2O2.